The molecule has 0 radical (unpaired) electrons. The van der Waals surface area contributed by atoms with Gasteiger partial charge in [0, 0.05) is 24.2 Å². The lowest BCUT2D eigenvalue weighted by Gasteiger charge is -2.22. The minimum absolute atomic E-state index is 0.0562. The number of hydrogen-bond donors (Lipinski definition) is 1. The highest BCUT2D eigenvalue weighted by atomic mass is 19.4. The van der Waals surface area contributed by atoms with Gasteiger partial charge in [-0.15, -0.1) is 0 Å². The number of rotatable bonds is 4. The second kappa shape index (κ2) is 6.17. The van der Waals surface area contributed by atoms with E-state index in [0.717, 1.165) is 30.7 Å². The van der Waals surface area contributed by atoms with Gasteiger partial charge >= 0.3 is 6.18 Å². The Kier molecular flexibility index (Phi) is 4.52. The molecule has 0 spiro atoms. The van der Waals surface area contributed by atoms with E-state index in [0.29, 0.717) is 12.1 Å². The number of hydrogen-bond acceptors (Lipinski definition) is 3. The first-order chi connectivity index (χ1) is 9.93. The second-order valence-electron chi connectivity index (χ2n) is 4.39. The van der Waals surface area contributed by atoms with Crippen molar-refractivity contribution in [1.82, 2.24) is 15.3 Å². The van der Waals surface area contributed by atoms with Crippen LogP contribution in [0.25, 0.3) is 0 Å². The Morgan fingerprint density at radius 1 is 1.19 bits per heavy atom. The van der Waals surface area contributed by atoms with Crippen LogP contribution in [0.5, 0.6) is 0 Å². The molecule has 0 saturated heterocycles. The van der Waals surface area contributed by atoms with Crippen LogP contribution in [0.3, 0.4) is 0 Å². The summed E-state index contributed by atoms with van der Waals surface area (Å²) in [5.41, 5.74) is -0.540. The highest BCUT2D eigenvalue weighted by Crippen LogP contribution is 2.35. The van der Waals surface area contributed by atoms with Crippen LogP contribution in [-0.4, -0.2) is 16.5 Å². The summed E-state index contributed by atoms with van der Waals surface area (Å²) in [7, 11) is 0. The van der Waals surface area contributed by atoms with Crippen molar-refractivity contribution in [3.63, 3.8) is 0 Å². The Morgan fingerprint density at radius 2 is 1.95 bits per heavy atom. The SMILES string of the molecule is CCNC(c1cncc(F)c1)c1cnccc1C(F)(F)F. The summed E-state index contributed by atoms with van der Waals surface area (Å²) in [4.78, 5) is 7.44. The molecule has 2 aromatic rings. The summed E-state index contributed by atoms with van der Waals surface area (Å²) < 4.78 is 52.6. The number of nitrogens with one attached hydrogen (secondary N) is 1. The third-order valence-corrected chi connectivity index (χ3v) is 2.94. The molecule has 1 N–H and O–H groups in total. The Bertz CT molecular complexity index is 613. The molecule has 0 fully saturated rings. The molecular formula is C14H13F4N3. The molecule has 0 saturated carbocycles. The fourth-order valence-electron chi connectivity index (χ4n) is 2.09. The Morgan fingerprint density at radius 3 is 2.57 bits per heavy atom. The van der Waals surface area contributed by atoms with Crippen molar-refractivity contribution in [1.29, 1.82) is 0 Å². The zero-order chi connectivity index (χ0) is 15.5. The molecule has 0 aromatic carbocycles. The third-order valence-electron chi connectivity index (χ3n) is 2.94. The van der Waals surface area contributed by atoms with E-state index in [4.69, 9.17) is 0 Å². The third kappa shape index (κ3) is 3.55. The molecule has 0 amide bonds. The van der Waals surface area contributed by atoms with Gasteiger partial charge in [0.2, 0.25) is 0 Å². The standard InChI is InChI=1S/C14H13F4N3/c1-2-21-13(9-5-10(15)7-20-6-9)11-8-19-4-3-12(11)14(16,17)18/h3-8,13,21H,2H2,1H3. The molecule has 1 atom stereocenters. The fraction of sp³-hybridized carbons (Fsp3) is 0.286. The van der Waals surface area contributed by atoms with E-state index < -0.39 is 23.6 Å². The molecule has 2 heterocycles. The summed E-state index contributed by atoms with van der Waals surface area (Å²) in [6.07, 6.45) is 0.0525. The number of nitrogens with zero attached hydrogens (tertiary/aromatic N) is 2. The molecule has 21 heavy (non-hydrogen) atoms. The van der Waals surface area contributed by atoms with Gasteiger partial charge in [-0.1, -0.05) is 6.92 Å². The van der Waals surface area contributed by atoms with Crippen LogP contribution < -0.4 is 5.32 Å². The average molecular weight is 299 g/mol. The Balaban J connectivity index is 2.54. The topological polar surface area (TPSA) is 37.8 Å². The van der Waals surface area contributed by atoms with Crippen molar-refractivity contribution in [2.45, 2.75) is 19.1 Å². The van der Waals surface area contributed by atoms with Crippen LogP contribution in [0.4, 0.5) is 17.6 Å². The molecule has 2 rings (SSSR count). The Labute approximate surface area is 119 Å². The van der Waals surface area contributed by atoms with E-state index in [1.165, 1.54) is 6.20 Å². The zero-order valence-corrected chi connectivity index (χ0v) is 11.2. The molecule has 7 heteroatoms. The minimum Gasteiger partial charge on any atom is -0.306 e. The van der Waals surface area contributed by atoms with Crippen molar-refractivity contribution in [2.75, 3.05) is 6.54 Å². The number of halogens is 4. The maximum Gasteiger partial charge on any atom is 0.416 e. The van der Waals surface area contributed by atoms with Crippen LogP contribution in [0.2, 0.25) is 0 Å². The molecule has 0 bridgehead atoms. The molecule has 112 valence electrons. The second-order valence-corrected chi connectivity index (χ2v) is 4.39. The monoisotopic (exact) mass is 299 g/mol. The van der Waals surface area contributed by atoms with Gasteiger partial charge in [0.15, 0.2) is 0 Å². The van der Waals surface area contributed by atoms with Gasteiger partial charge in [-0.05, 0) is 24.2 Å². The maximum absolute atomic E-state index is 13.3. The van der Waals surface area contributed by atoms with E-state index in [-0.39, 0.29) is 5.56 Å². The molecule has 3 nitrogen and oxygen atoms in total. The molecule has 0 aliphatic carbocycles. The largest absolute Gasteiger partial charge is 0.416 e. The minimum atomic E-state index is -4.51. The predicted octanol–water partition coefficient (Wildman–Crippen LogP) is 3.33. The van der Waals surface area contributed by atoms with Gasteiger partial charge < -0.3 is 5.32 Å². The van der Waals surface area contributed by atoms with Crippen molar-refractivity contribution in [3.05, 3.63) is 59.4 Å². The quantitative estimate of drug-likeness (QED) is 0.880. The number of aromatic nitrogens is 2. The summed E-state index contributed by atoms with van der Waals surface area (Å²) in [6.45, 7) is 2.16. The number of pyridine rings is 2. The molecule has 2 aromatic heterocycles. The predicted molar refractivity (Wildman–Crippen MR) is 69.0 cm³/mol. The Hall–Kier alpha value is -2.02. The van der Waals surface area contributed by atoms with Gasteiger partial charge in [0.1, 0.15) is 5.82 Å². The van der Waals surface area contributed by atoms with Gasteiger partial charge in [0.05, 0.1) is 17.8 Å². The van der Waals surface area contributed by atoms with E-state index in [1.807, 2.05) is 0 Å². The van der Waals surface area contributed by atoms with Crippen molar-refractivity contribution < 1.29 is 17.6 Å². The highest BCUT2D eigenvalue weighted by Gasteiger charge is 2.35. The fourth-order valence-corrected chi connectivity index (χ4v) is 2.09. The van der Waals surface area contributed by atoms with E-state index in [2.05, 4.69) is 15.3 Å². The first-order valence-electron chi connectivity index (χ1n) is 6.28. The van der Waals surface area contributed by atoms with Gasteiger partial charge in [-0.3, -0.25) is 9.97 Å². The molecule has 0 aliphatic heterocycles. The lowest BCUT2D eigenvalue weighted by atomic mass is 9.97. The summed E-state index contributed by atoms with van der Waals surface area (Å²) in [5, 5.41) is 2.91. The lowest BCUT2D eigenvalue weighted by Crippen LogP contribution is -2.25. The van der Waals surface area contributed by atoms with Crippen molar-refractivity contribution in [3.8, 4) is 0 Å². The smallest absolute Gasteiger partial charge is 0.306 e. The van der Waals surface area contributed by atoms with Gasteiger partial charge in [-0.2, -0.15) is 13.2 Å². The van der Waals surface area contributed by atoms with Gasteiger partial charge in [-0.25, -0.2) is 4.39 Å². The first kappa shape index (κ1) is 15.4. The summed E-state index contributed by atoms with van der Waals surface area (Å²) >= 11 is 0. The van der Waals surface area contributed by atoms with E-state index in [9.17, 15) is 17.6 Å². The normalized spacial score (nSPS) is 13.2. The maximum atomic E-state index is 13.3. The first-order valence-corrected chi connectivity index (χ1v) is 6.28. The highest BCUT2D eigenvalue weighted by molar-refractivity contribution is 5.36. The summed E-state index contributed by atoms with van der Waals surface area (Å²) in [5.74, 6) is -0.604. The van der Waals surface area contributed by atoms with E-state index >= 15 is 0 Å². The van der Waals surface area contributed by atoms with Crippen LogP contribution >= 0.6 is 0 Å². The van der Waals surface area contributed by atoms with Crippen molar-refractivity contribution in [2.24, 2.45) is 0 Å². The van der Waals surface area contributed by atoms with Crippen LogP contribution in [-0.2, 0) is 6.18 Å². The van der Waals surface area contributed by atoms with Crippen LogP contribution in [0.1, 0.15) is 29.7 Å². The lowest BCUT2D eigenvalue weighted by molar-refractivity contribution is -0.138. The van der Waals surface area contributed by atoms with E-state index in [1.54, 1.807) is 6.92 Å². The van der Waals surface area contributed by atoms with Crippen molar-refractivity contribution >= 4 is 0 Å². The zero-order valence-electron chi connectivity index (χ0n) is 11.2. The number of alkyl halides is 3. The summed E-state index contributed by atoms with van der Waals surface area (Å²) in [6, 6.07) is 1.24. The van der Waals surface area contributed by atoms with Crippen LogP contribution in [0, 0.1) is 5.82 Å². The van der Waals surface area contributed by atoms with Gasteiger partial charge in [0.25, 0.3) is 0 Å². The molecule has 1 unspecified atom stereocenters. The van der Waals surface area contributed by atoms with Crippen LogP contribution in [0.15, 0.2) is 36.9 Å². The molecule has 0 aliphatic rings. The molecular weight excluding hydrogens is 286 g/mol. The average Bonchev–Trinajstić information content (AvgIpc) is 2.44.